The number of rotatable bonds is 4. The summed E-state index contributed by atoms with van der Waals surface area (Å²) in [4.78, 5) is 35.2. The Morgan fingerprint density at radius 3 is 2.42 bits per heavy atom. The van der Waals surface area contributed by atoms with Crippen LogP contribution < -0.4 is 5.56 Å². The number of hydrogen-bond donors (Lipinski definition) is 0. The van der Waals surface area contributed by atoms with Gasteiger partial charge in [0.05, 0.1) is 17.6 Å². The fourth-order valence-corrected chi connectivity index (χ4v) is 5.35. The molecule has 0 spiro atoms. The van der Waals surface area contributed by atoms with Crippen molar-refractivity contribution in [3.8, 4) is 0 Å². The molecule has 1 saturated heterocycles. The lowest BCUT2D eigenvalue weighted by Gasteiger charge is -2.40. The van der Waals surface area contributed by atoms with Crippen LogP contribution in [-0.2, 0) is 6.54 Å². The maximum absolute atomic E-state index is 13.3. The molecule has 33 heavy (non-hydrogen) atoms. The lowest BCUT2D eigenvalue weighted by atomic mass is 9.94. The van der Waals surface area contributed by atoms with Crippen molar-refractivity contribution < 1.29 is 4.79 Å². The molecule has 2 aromatic carbocycles. The molecule has 0 atom stereocenters. The molecule has 2 heterocycles. The molecule has 3 aromatic rings. The predicted molar refractivity (Wildman–Crippen MR) is 131 cm³/mol. The highest BCUT2D eigenvalue weighted by atomic mass is 16.2. The largest absolute Gasteiger partial charge is 0.336 e. The van der Waals surface area contributed by atoms with E-state index in [1.54, 1.807) is 11.5 Å². The SMILES string of the molecule is Cc1nc2cc(C(=O)N3CCN(C4CCCCC4)CC3)ccc2n(Cc2ccccc2)c1=O. The first-order chi connectivity index (χ1) is 16.1. The second-order valence-corrected chi connectivity index (χ2v) is 9.40. The van der Waals surface area contributed by atoms with Gasteiger partial charge in [0.15, 0.2) is 0 Å². The van der Waals surface area contributed by atoms with Crippen molar-refractivity contribution in [1.82, 2.24) is 19.4 Å². The summed E-state index contributed by atoms with van der Waals surface area (Å²) in [6, 6.07) is 16.2. The van der Waals surface area contributed by atoms with E-state index in [9.17, 15) is 9.59 Å². The van der Waals surface area contributed by atoms with Crippen LogP contribution in [0.4, 0.5) is 0 Å². The van der Waals surface area contributed by atoms with Crippen LogP contribution >= 0.6 is 0 Å². The van der Waals surface area contributed by atoms with E-state index in [1.807, 2.05) is 53.4 Å². The summed E-state index contributed by atoms with van der Waals surface area (Å²) in [5.41, 5.74) is 3.50. The van der Waals surface area contributed by atoms with Gasteiger partial charge in [0.25, 0.3) is 11.5 Å². The Morgan fingerprint density at radius 2 is 1.70 bits per heavy atom. The maximum atomic E-state index is 13.3. The number of amides is 1. The lowest BCUT2D eigenvalue weighted by molar-refractivity contribution is 0.0523. The first-order valence-corrected chi connectivity index (χ1v) is 12.2. The summed E-state index contributed by atoms with van der Waals surface area (Å²) in [6.07, 6.45) is 6.64. The number of carbonyl (C=O) groups is 1. The zero-order valence-electron chi connectivity index (χ0n) is 19.4. The molecule has 5 rings (SSSR count). The van der Waals surface area contributed by atoms with Gasteiger partial charge < -0.3 is 9.47 Å². The Morgan fingerprint density at radius 1 is 0.970 bits per heavy atom. The van der Waals surface area contributed by atoms with E-state index in [-0.39, 0.29) is 11.5 Å². The molecule has 2 aliphatic rings. The van der Waals surface area contributed by atoms with E-state index in [1.165, 1.54) is 32.1 Å². The number of fused-ring (bicyclic) bond motifs is 1. The molecule has 1 amide bonds. The van der Waals surface area contributed by atoms with Crippen molar-refractivity contribution in [2.45, 2.75) is 51.6 Å². The summed E-state index contributed by atoms with van der Waals surface area (Å²) < 4.78 is 1.75. The molecule has 172 valence electrons. The van der Waals surface area contributed by atoms with Crippen LogP contribution in [0.1, 0.15) is 53.7 Å². The van der Waals surface area contributed by atoms with Crippen molar-refractivity contribution in [3.63, 3.8) is 0 Å². The Kier molecular flexibility index (Phi) is 6.27. The summed E-state index contributed by atoms with van der Waals surface area (Å²) in [7, 11) is 0. The van der Waals surface area contributed by atoms with Gasteiger partial charge in [-0.1, -0.05) is 49.6 Å². The smallest absolute Gasteiger partial charge is 0.272 e. The first kappa shape index (κ1) is 21.8. The molecular formula is C27H32N4O2. The molecule has 0 radical (unpaired) electrons. The predicted octanol–water partition coefficient (Wildman–Crippen LogP) is 3.84. The van der Waals surface area contributed by atoms with Crippen LogP contribution in [0, 0.1) is 6.92 Å². The molecule has 6 nitrogen and oxygen atoms in total. The van der Waals surface area contributed by atoms with Crippen LogP contribution in [0.5, 0.6) is 0 Å². The third-order valence-electron chi connectivity index (χ3n) is 7.23. The molecule has 1 aromatic heterocycles. The van der Waals surface area contributed by atoms with Gasteiger partial charge in [-0.25, -0.2) is 4.98 Å². The Balaban J connectivity index is 1.35. The molecule has 1 aliphatic carbocycles. The van der Waals surface area contributed by atoms with Gasteiger partial charge in [-0.2, -0.15) is 0 Å². The average molecular weight is 445 g/mol. The number of nitrogens with zero attached hydrogens (tertiary/aromatic N) is 4. The van der Waals surface area contributed by atoms with Crippen LogP contribution in [-0.4, -0.2) is 57.5 Å². The summed E-state index contributed by atoms with van der Waals surface area (Å²) >= 11 is 0. The van der Waals surface area contributed by atoms with E-state index in [0.717, 1.165) is 37.3 Å². The van der Waals surface area contributed by atoms with E-state index in [2.05, 4.69) is 9.88 Å². The van der Waals surface area contributed by atoms with Gasteiger partial charge in [0, 0.05) is 37.8 Å². The van der Waals surface area contributed by atoms with Gasteiger partial charge in [-0.05, 0) is 43.5 Å². The van der Waals surface area contributed by atoms with Crippen molar-refractivity contribution in [1.29, 1.82) is 0 Å². The summed E-state index contributed by atoms with van der Waals surface area (Å²) in [5, 5.41) is 0. The van der Waals surface area contributed by atoms with Crippen molar-refractivity contribution in [2.75, 3.05) is 26.2 Å². The van der Waals surface area contributed by atoms with Crippen LogP contribution in [0.25, 0.3) is 11.0 Å². The first-order valence-electron chi connectivity index (χ1n) is 12.2. The number of aromatic nitrogens is 2. The fraction of sp³-hybridized carbons (Fsp3) is 0.444. The Hall–Kier alpha value is -2.99. The third-order valence-corrected chi connectivity index (χ3v) is 7.23. The number of carbonyl (C=O) groups excluding carboxylic acids is 1. The zero-order chi connectivity index (χ0) is 22.8. The van der Waals surface area contributed by atoms with Crippen LogP contribution in [0.3, 0.4) is 0 Å². The highest BCUT2D eigenvalue weighted by molar-refractivity contribution is 5.97. The number of aryl methyl sites for hydroxylation is 1. The van der Waals surface area contributed by atoms with E-state index in [0.29, 0.717) is 29.4 Å². The minimum atomic E-state index is -0.0933. The third kappa shape index (κ3) is 4.58. The highest BCUT2D eigenvalue weighted by Crippen LogP contribution is 2.24. The molecule has 6 heteroatoms. The van der Waals surface area contributed by atoms with Gasteiger partial charge in [0.1, 0.15) is 5.69 Å². The number of piperazine rings is 1. The summed E-state index contributed by atoms with van der Waals surface area (Å²) in [6.45, 7) is 5.68. The second-order valence-electron chi connectivity index (χ2n) is 9.40. The minimum Gasteiger partial charge on any atom is -0.336 e. The van der Waals surface area contributed by atoms with E-state index in [4.69, 9.17) is 0 Å². The van der Waals surface area contributed by atoms with Gasteiger partial charge >= 0.3 is 0 Å². The van der Waals surface area contributed by atoms with Gasteiger partial charge in [-0.15, -0.1) is 0 Å². The van der Waals surface area contributed by atoms with Gasteiger partial charge in [0.2, 0.25) is 0 Å². The zero-order valence-corrected chi connectivity index (χ0v) is 19.4. The molecule has 0 bridgehead atoms. The molecule has 2 fully saturated rings. The van der Waals surface area contributed by atoms with Crippen LogP contribution in [0.2, 0.25) is 0 Å². The van der Waals surface area contributed by atoms with Crippen molar-refractivity contribution in [3.05, 3.63) is 75.7 Å². The summed E-state index contributed by atoms with van der Waals surface area (Å²) in [5.74, 6) is 0.0560. The number of hydrogen-bond acceptors (Lipinski definition) is 4. The van der Waals surface area contributed by atoms with E-state index < -0.39 is 0 Å². The van der Waals surface area contributed by atoms with E-state index >= 15 is 0 Å². The monoisotopic (exact) mass is 444 g/mol. The standard InChI is InChI=1S/C27H32N4O2/c1-20-26(32)31(19-21-8-4-2-5-9-21)25-13-12-22(18-24(25)28-20)27(33)30-16-14-29(15-17-30)23-10-6-3-7-11-23/h2,4-5,8-9,12-13,18,23H,3,6-7,10-11,14-17,19H2,1H3. The molecule has 0 unspecified atom stereocenters. The average Bonchev–Trinajstić information content (AvgIpc) is 2.87. The maximum Gasteiger partial charge on any atom is 0.272 e. The quantitative estimate of drug-likeness (QED) is 0.614. The van der Waals surface area contributed by atoms with Crippen LogP contribution in [0.15, 0.2) is 53.3 Å². The van der Waals surface area contributed by atoms with Crippen molar-refractivity contribution >= 4 is 16.9 Å². The van der Waals surface area contributed by atoms with Crippen molar-refractivity contribution in [2.24, 2.45) is 0 Å². The highest BCUT2D eigenvalue weighted by Gasteiger charge is 2.27. The molecule has 1 aliphatic heterocycles. The molecule has 0 N–H and O–H groups in total. The second kappa shape index (κ2) is 9.48. The molecule has 1 saturated carbocycles. The number of benzene rings is 2. The lowest BCUT2D eigenvalue weighted by Crippen LogP contribution is -2.52. The fourth-order valence-electron chi connectivity index (χ4n) is 5.35. The Bertz CT molecular complexity index is 1190. The topological polar surface area (TPSA) is 58.4 Å². The minimum absolute atomic E-state index is 0.0560. The normalized spacial score (nSPS) is 18.0. The molecular weight excluding hydrogens is 412 g/mol. The Labute approximate surface area is 194 Å². The van der Waals surface area contributed by atoms with Gasteiger partial charge in [-0.3, -0.25) is 14.5 Å².